The van der Waals surface area contributed by atoms with Crippen LogP contribution in [0.2, 0.25) is 0 Å². The van der Waals surface area contributed by atoms with E-state index >= 15 is 0 Å². The summed E-state index contributed by atoms with van der Waals surface area (Å²) in [6.07, 6.45) is 1.45. The maximum absolute atomic E-state index is 11.9. The average Bonchev–Trinajstić information content (AvgIpc) is 2.39. The molecule has 18 heavy (non-hydrogen) atoms. The van der Waals surface area contributed by atoms with Gasteiger partial charge in [0.1, 0.15) is 6.04 Å². The van der Waals surface area contributed by atoms with Crippen molar-refractivity contribution < 1.29 is 14.7 Å². The summed E-state index contributed by atoms with van der Waals surface area (Å²) < 4.78 is 0. The summed E-state index contributed by atoms with van der Waals surface area (Å²) in [6.45, 7) is 3.86. The van der Waals surface area contributed by atoms with Crippen LogP contribution in [-0.4, -0.2) is 23.0 Å². The van der Waals surface area contributed by atoms with E-state index in [1.54, 1.807) is 24.3 Å². The van der Waals surface area contributed by atoms with Gasteiger partial charge in [-0.15, -0.1) is 0 Å². The monoisotopic (exact) mass is 249 g/mol. The number of carbonyl (C=O) groups excluding carboxylic acids is 1. The van der Waals surface area contributed by atoms with Crippen LogP contribution in [-0.2, 0) is 4.79 Å². The summed E-state index contributed by atoms with van der Waals surface area (Å²) in [5.41, 5.74) is 0.481. The molecule has 0 saturated carbocycles. The summed E-state index contributed by atoms with van der Waals surface area (Å²) in [5, 5.41) is 11.8. The fraction of sp³-hybridized carbons (Fsp3) is 0.429. The van der Waals surface area contributed by atoms with E-state index in [1.807, 2.05) is 19.9 Å². The van der Waals surface area contributed by atoms with E-state index in [1.165, 1.54) is 0 Å². The molecule has 98 valence electrons. The minimum Gasteiger partial charge on any atom is -0.480 e. The summed E-state index contributed by atoms with van der Waals surface area (Å²) in [7, 11) is 0. The molecule has 4 nitrogen and oxygen atoms in total. The van der Waals surface area contributed by atoms with Gasteiger partial charge in [-0.05, 0) is 18.1 Å². The third-order valence-corrected chi connectivity index (χ3v) is 3.11. The molecule has 1 aromatic rings. The van der Waals surface area contributed by atoms with Crippen LogP contribution in [0, 0.1) is 5.92 Å². The van der Waals surface area contributed by atoms with Crippen LogP contribution < -0.4 is 5.32 Å². The Balaban J connectivity index is 2.79. The fourth-order valence-electron chi connectivity index (χ4n) is 1.96. The quantitative estimate of drug-likeness (QED) is 0.813. The second-order valence-corrected chi connectivity index (χ2v) is 4.23. The minimum absolute atomic E-state index is 0.0461. The van der Waals surface area contributed by atoms with Crippen molar-refractivity contribution in [2.45, 2.75) is 32.7 Å². The number of benzene rings is 1. The van der Waals surface area contributed by atoms with Crippen molar-refractivity contribution in [3.8, 4) is 0 Å². The Kier molecular flexibility index (Phi) is 5.36. The number of rotatable bonds is 6. The first-order valence-corrected chi connectivity index (χ1v) is 6.18. The van der Waals surface area contributed by atoms with Crippen LogP contribution in [0.1, 0.15) is 37.0 Å². The lowest BCUT2D eigenvalue weighted by atomic mass is 9.94. The van der Waals surface area contributed by atoms with E-state index in [9.17, 15) is 14.7 Å². The third kappa shape index (κ3) is 3.58. The molecule has 0 radical (unpaired) electrons. The van der Waals surface area contributed by atoms with Crippen LogP contribution in [0.25, 0.3) is 0 Å². The Morgan fingerprint density at radius 3 is 2.17 bits per heavy atom. The number of carbonyl (C=O) groups is 2. The molecule has 0 spiro atoms. The average molecular weight is 249 g/mol. The van der Waals surface area contributed by atoms with Gasteiger partial charge in [-0.1, -0.05) is 44.9 Å². The van der Waals surface area contributed by atoms with E-state index in [0.29, 0.717) is 5.56 Å². The highest BCUT2D eigenvalue weighted by molar-refractivity contribution is 5.96. The number of carboxylic acids is 1. The Morgan fingerprint density at radius 2 is 1.72 bits per heavy atom. The van der Waals surface area contributed by atoms with Crippen molar-refractivity contribution in [1.29, 1.82) is 0 Å². The van der Waals surface area contributed by atoms with Crippen LogP contribution >= 0.6 is 0 Å². The van der Waals surface area contributed by atoms with E-state index in [2.05, 4.69) is 5.32 Å². The number of carboxylic acid groups (broad SMARTS) is 1. The van der Waals surface area contributed by atoms with E-state index in [-0.39, 0.29) is 11.8 Å². The van der Waals surface area contributed by atoms with Gasteiger partial charge in [0.15, 0.2) is 0 Å². The van der Waals surface area contributed by atoms with Crippen molar-refractivity contribution in [1.82, 2.24) is 5.32 Å². The number of nitrogens with one attached hydrogen (secondary N) is 1. The molecule has 0 heterocycles. The zero-order valence-corrected chi connectivity index (χ0v) is 10.7. The molecule has 1 rings (SSSR count). The molecule has 4 heteroatoms. The lowest BCUT2D eigenvalue weighted by Gasteiger charge is -2.22. The molecule has 0 saturated heterocycles. The predicted octanol–water partition coefficient (Wildman–Crippen LogP) is 2.31. The molecular weight excluding hydrogens is 230 g/mol. The molecule has 0 aliphatic heterocycles. The number of hydrogen-bond acceptors (Lipinski definition) is 2. The highest BCUT2D eigenvalue weighted by Gasteiger charge is 2.27. The molecular formula is C14H19NO3. The molecule has 2 N–H and O–H groups in total. The Hall–Kier alpha value is -1.84. The van der Waals surface area contributed by atoms with Gasteiger partial charge in [0.2, 0.25) is 0 Å². The molecule has 1 aromatic carbocycles. The third-order valence-electron chi connectivity index (χ3n) is 3.11. The number of aliphatic carboxylic acids is 1. The molecule has 0 aromatic heterocycles. The molecule has 1 amide bonds. The van der Waals surface area contributed by atoms with Crippen LogP contribution in [0.3, 0.4) is 0 Å². The van der Waals surface area contributed by atoms with Gasteiger partial charge < -0.3 is 10.4 Å². The van der Waals surface area contributed by atoms with Gasteiger partial charge in [-0.25, -0.2) is 4.79 Å². The van der Waals surface area contributed by atoms with Crippen molar-refractivity contribution >= 4 is 11.9 Å². The largest absolute Gasteiger partial charge is 0.480 e. The molecule has 1 atom stereocenters. The molecule has 0 bridgehead atoms. The smallest absolute Gasteiger partial charge is 0.326 e. The normalized spacial score (nSPS) is 12.2. The van der Waals surface area contributed by atoms with Crippen molar-refractivity contribution in [2.24, 2.45) is 5.92 Å². The zero-order valence-electron chi connectivity index (χ0n) is 10.7. The van der Waals surface area contributed by atoms with Crippen LogP contribution in [0.4, 0.5) is 0 Å². The van der Waals surface area contributed by atoms with Gasteiger partial charge >= 0.3 is 5.97 Å². The molecule has 0 aliphatic rings. The first-order valence-electron chi connectivity index (χ1n) is 6.18. The fourth-order valence-corrected chi connectivity index (χ4v) is 1.96. The first-order chi connectivity index (χ1) is 8.60. The summed E-state index contributed by atoms with van der Waals surface area (Å²) >= 11 is 0. The SMILES string of the molecule is CCC(CC)[C@H](NC(=O)c1ccccc1)C(=O)O. The van der Waals surface area contributed by atoms with Gasteiger partial charge in [0.05, 0.1) is 0 Å². The lowest BCUT2D eigenvalue weighted by molar-refractivity contribution is -0.140. The summed E-state index contributed by atoms with van der Waals surface area (Å²) in [5.74, 6) is -1.36. The van der Waals surface area contributed by atoms with E-state index in [4.69, 9.17) is 0 Å². The lowest BCUT2D eigenvalue weighted by Crippen LogP contribution is -2.45. The number of amides is 1. The Bertz CT molecular complexity index is 399. The summed E-state index contributed by atoms with van der Waals surface area (Å²) in [6, 6.07) is 7.82. The second-order valence-electron chi connectivity index (χ2n) is 4.23. The maximum atomic E-state index is 11.9. The van der Waals surface area contributed by atoms with E-state index in [0.717, 1.165) is 12.8 Å². The zero-order chi connectivity index (χ0) is 13.5. The van der Waals surface area contributed by atoms with Gasteiger partial charge in [0.25, 0.3) is 5.91 Å². The van der Waals surface area contributed by atoms with Crippen molar-refractivity contribution in [2.75, 3.05) is 0 Å². The van der Waals surface area contributed by atoms with Gasteiger partial charge in [0, 0.05) is 5.56 Å². The standard InChI is InChI=1S/C14H19NO3/c1-3-10(4-2)12(14(17)18)15-13(16)11-8-6-5-7-9-11/h5-10,12H,3-4H2,1-2H3,(H,15,16)(H,17,18)/t12-/m0/s1. The highest BCUT2D eigenvalue weighted by atomic mass is 16.4. The Morgan fingerprint density at radius 1 is 1.17 bits per heavy atom. The molecule has 0 unspecified atom stereocenters. The van der Waals surface area contributed by atoms with Gasteiger partial charge in [-0.3, -0.25) is 4.79 Å². The highest BCUT2D eigenvalue weighted by Crippen LogP contribution is 2.14. The first kappa shape index (κ1) is 14.2. The minimum atomic E-state index is -0.979. The Labute approximate surface area is 107 Å². The van der Waals surface area contributed by atoms with Crippen LogP contribution in [0.15, 0.2) is 30.3 Å². The van der Waals surface area contributed by atoms with Crippen molar-refractivity contribution in [3.05, 3.63) is 35.9 Å². The molecule has 0 fully saturated rings. The maximum Gasteiger partial charge on any atom is 0.326 e. The van der Waals surface area contributed by atoms with Gasteiger partial charge in [-0.2, -0.15) is 0 Å². The van der Waals surface area contributed by atoms with E-state index < -0.39 is 12.0 Å². The molecule has 0 aliphatic carbocycles. The summed E-state index contributed by atoms with van der Waals surface area (Å²) in [4.78, 5) is 23.1. The van der Waals surface area contributed by atoms with Crippen LogP contribution in [0.5, 0.6) is 0 Å². The second kappa shape index (κ2) is 6.79. The topological polar surface area (TPSA) is 66.4 Å². The van der Waals surface area contributed by atoms with Crippen molar-refractivity contribution in [3.63, 3.8) is 0 Å². The number of hydrogen-bond donors (Lipinski definition) is 2. The predicted molar refractivity (Wildman–Crippen MR) is 69.4 cm³/mol.